The fraction of sp³-hybridized carbons (Fsp3) is 0.458. The van der Waals surface area contributed by atoms with Crippen molar-refractivity contribution in [1.29, 1.82) is 0 Å². The van der Waals surface area contributed by atoms with Crippen LogP contribution in [0.25, 0.3) is 0 Å². The van der Waals surface area contributed by atoms with Gasteiger partial charge in [0.25, 0.3) is 0 Å². The summed E-state index contributed by atoms with van der Waals surface area (Å²) in [5, 5.41) is 3.68. The second-order valence-corrected chi connectivity index (χ2v) is 8.17. The monoisotopic (exact) mass is 394 g/mol. The Bertz CT molecular complexity index is 831. The minimum Gasteiger partial charge on any atom is -0.486 e. The van der Waals surface area contributed by atoms with E-state index in [0.29, 0.717) is 19.1 Å². The number of carbonyl (C=O) groups is 1. The van der Waals surface area contributed by atoms with Gasteiger partial charge in [0.15, 0.2) is 11.5 Å². The summed E-state index contributed by atoms with van der Waals surface area (Å²) in [5.41, 5.74) is 2.12. The van der Waals surface area contributed by atoms with Crippen LogP contribution in [0.2, 0.25) is 0 Å². The number of rotatable bonds is 6. The minimum atomic E-state index is -0.366. The van der Waals surface area contributed by atoms with E-state index in [4.69, 9.17) is 9.47 Å². The van der Waals surface area contributed by atoms with Crippen molar-refractivity contribution in [3.8, 4) is 11.5 Å². The van der Waals surface area contributed by atoms with Crippen molar-refractivity contribution in [2.75, 3.05) is 26.3 Å². The van der Waals surface area contributed by atoms with Gasteiger partial charge in [0.2, 0.25) is 5.91 Å². The van der Waals surface area contributed by atoms with E-state index in [1.807, 2.05) is 41.3 Å². The lowest BCUT2D eigenvalue weighted by Crippen LogP contribution is -2.42. The molecule has 0 aromatic heterocycles. The number of carbonyl (C=O) groups excluding carboxylic acids is 1. The molecule has 0 spiro atoms. The van der Waals surface area contributed by atoms with Crippen LogP contribution in [0.4, 0.5) is 0 Å². The maximum Gasteiger partial charge on any atom is 0.244 e. The zero-order chi connectivity index (χ0) is 20.2. The number of fused-ring (bicyclic) bond motifs is 1. The van der Waals surface area contributed by atoms with Crippen molar-refractivity contribution in [2.45, 2.75) is 38.8 Å². The molecule has 1 amide bonds. The van der Waals surface area contributed by atoms with Gasteiger partial charge >= 0.3 is 0 Å². The Kier molecular flexibility index (Phi) is 6.05. The number of benzene rings is 2. The molecule has 2 heterocycles. The number of hydrogen-bond donors (Lipinski definition) is 1. The fourth-order valence-corrected chi connectivity index (χ4v) is 4.18. The van der Waals surface area contributed by atoms with Crippen LogP contribution < -0.4 is 14.8 Å². The van der Waals surface area contributed by atoms with Crippen LogP contribution in [0.15, 0.2) is 48.5 Å². The third-order valence-electron chi connectivity index (χ3n) is 5.74. The Morgan fingerprint density at radius 2 is 1.62 bits per heavy atom. The molecule has 0 radical (unpaired) electrons. The lowest BCUT2D eigenvalue weighted by molar-refractivity contribution is -0.132. The second kappa shape index (κ2) is 8.87. The van der Waals surface area contributed by atoms with Gasteiger partial charge in [0, 0.05) is 19.1 Å². The summed E-state index contributed by atoms with van der Waals surface area (Å²) in [6.45, 7) is 7.20. The molecule has 2 aliphatic heterocycles. The quantitative estimate of drug-likeness (QED) is 0.801. The normalized spacial score (nSPS) is 18.0. The van der Waals surface area contributed by atoms with Crippen LogP contribution in [-0.2, 0) is 4.79 Å². The van der Waals surface area contributed by atoms with Crippen LogP contribution in [0.5, 0.6) is 11.5 Å². The smallest absolute Gasteiger partial charge is 0.244 e. The first-order chi connectivity index (χ1) is 14.1. The Hall–Kier alpha value is -2.53. The molecule has 2 aromatic rings. The number of amides is 1. The van der Waals surface area contributed by atoms with Crippen molar-refractivity contribution < 1.29 is 14.3 Å². The molecule has 29 heavy (non-hydrogen) atoms. The predicted molar refractivity (Wildman–Crippen MR) is 113 cm³/mol. The van der Waals surface area contributed by atoms with Gasteiger partial charge in [-0.15, -0.1) is 0 Å². The summed E-state index contributed by atoms with van der Waals surface area (Å²) in [6.07, 6.45) is 2.17. The Balaban J connectivity index is 1.63. The topological polar surface area (TPSA) is 50.8 Å². The van der Waals surface area contributed by atoms with E-state index in [1.165, 1.54) is 0 Å². The van der Waals surface area contributed by atoms with Crippen molar-refractivity contribution in [3.63, 3.8) is 0 Å². The molecule has 5 nitrogen and oxygen atoms in total. The van der Waals surface area contributed by atoms with E-state index < -0.39 is 0 Å². The standard InChI is InChI=1S/C24H30N2O3/c1-17(2)22(19-10-11-20-21(16-19)29-15-14-28-20)25-23(18-8-4-3-5-9-18)24(27)26-12-6-7-13-26/h3-5,8-11,16-17,22-23,25H,6-7,12-15H2,1-2H3/t22-,23+/m1/s1. The van der Waals surface area contributed by atoms with Gasteiger partial charge in [-0.1, -0.05) is 50.2 Å². The summed E-state index contributed by atoms with van der Waals surface area (Å²) in [6, 6.07) is 15.8. The minimum absolute atomic E-state index is 0.0163. The number of nitrogens with zero attached hydrogens (tertiary/aromatic N) is 1. The molecule has 5 heteroatoms. The lowest BCUT2D eigenvalue weighted by atomic mass is 9.93. The molecule has 1 saturated heterocycles. The predicted octanol–water partition coefficient (Wildman–Crippen LogP) is 4.11. The fourth-order valence-electron chi connectivity index (χ4n) is 4.18. The summed E-state index contributed by atoms with van der Waals surface area (Å²) < 4.78 is 11.5. The number of hydrogen-bond acceptors (Lipinski definition) is 4. The largest absolute Gasteiger partial charge is 0.486 e. The lowest BCUT2D eigenvalue weighted by Gasteiger charge is -2.31. The molecular weight excluding hydrogens is 364 g/mol. The van der Waals surface area contributed by atoms with Gasteiger partial charge in [0.05, 0.1) is 0 Å². The first kappa shape index (κ1) is 19.8. The third kappa shape index (κ3) is 4.40. The average Bonchev–Trinajstić information content (AvgIpc) is 3.29. The van der Waals surface area contributed by atoms with Gasteiger partial charge in [-0.3, -0.25) is 10.1 Å². The molecule has 4 rings (SSSR count). The maximum absolute atomic E-state index is 13.4. The summed E-state index contributed by atoms with van der Waals surface area (Å²) in [5.74, 6) is 2.03. The highest BCUT2D eigenvalue weighted by atomic mass is 16.6. The molecule has 1 N–H and O–H groups in total. The first-order valence-corrected chi connectivity index (χ1v) is 10.6. The summed E-state index contributed by atoms with van der Waals surface area (Å²) >= 11 is 0. The average molecular weight is 395 g/mol. The molecule has 2 atom stereocenters. The Labute approximate surface area is 173 Å². The molecule has 1 fully saturated rings. The van der Waals surface area contributed by atoms with E-state index in [1.54, 1.807) is 0 Å². The van der Waals surface area contributed by atoms with E-state index >= 15 is 0 Å². The van der Waals surface area contributed by atoms with E-state index in [2.05, 4.69) is 31.3 Å². The second-order valence-electron chi connectivity index (χ2n) is 8.17. The summed E-state index contributed by atoms with van der Waals surface area (Å²) in [7, 11) is 0. The molecule has 0 unspecified atom stereocenters. The molecule has 0 saturated carbocycles. The van der Waals surface area contributed by atoms with E-state index in [0.717, 1.165) is 48.6 Å². The van der Waals surface area contributed by atoms with Crippen LogP contribution in [0.3, 0.4) is 0 Å². The van der Waals surface area contributed by atoms with Crippen molar-refractivity contribution in [3.05, 3.63) is 59.7 Å². The third-order valence-corrected chi connectivity index (χ3v) is 5.74. The Morgan fingerprint density at radius 3 is 2.31 bits per heavy atom. The highest BCUT2D eigenvalue weighted by Gasteiger charge is 2.31. The van der Waals surface area contributed by atoms with Gasteiger partial charge in [-0.2, -0.15) is 0 Å². The molecule has 0 aliphatic carbocycles. The maximum atomic E-state index is 13.4. The number of ether oxygens (including phenoxy) is 2. The highest BCUT2D eigenvalue weighted by molar-refractivity contribution is 5.83. The summed E-state index contributed by atoms with van der Waals surface area (Å²) in [4.78, 5) is 15.4. The van der Waals surface area contributed by atoms with E-state index in [-0.39, 0.29) is 18.0 Å². The number of likely N-dealkylation sites (tertiary alicyclic amines) is 1. The molecular formula is C24H30N2O3. The van der Waals surface area contributed by atoms with Gasteiger partial charge < -0.3 is 14.4 Å². The highest BCUT2D eigenvalue weighted by Crippen LogP contribution is 2.35. The van der Waals surface area contributed by atoms with Gasteiger partial charge in [-0.25, -0.2) is 0 Å². The SMILES string of the molecule is CC(C)[C@@H](N[C@H](C(=O)N1CCCC1)c1ccccc1)c1ccc2c(c1)OCCO2. The van der Waals surface area contributed by atoms with Crippen LogP contribution in [-0.4, -0.2) is 37.1 Å². The molecule has 0 bridgehead atoms. The van der Waals surface area contributed by atoms with Gasteiger partial charge in [0.1, 0.15) is 19.3 Å². The molecule has 2 aliphatic rings. The zero-order valence-electron chi connectivity index (χ0n) is 17.3. The van der Waals surface area contributed by atoms with Crippen LogP contribution >= 0.6 is 0 Å². The van der Waals surface area contributed by atoms with Crippen LogP contribution in [0.1, 0.15) is 49.9 Å². The van der Waals surface area contributed by atoms with Crippen molar-refractivity contribution >= 4 is 5.91 Å². The number of nitrogens with one attached hydrogen (secondary N) is 1. The Morgan fingerprint density at radius 1 is 0.931 bits per heavy atom. The van der Waals surface area contributed by atoms with E-state index in [9.17, 15) is 4.79 Å². The molecule has 2 aromatic carbocycles. The molecule has 154 valence electrons. The van der Waals surface area contributed by atoms with Crippen molar-refractivity contribution in [2.24, 2.45) is 5.92 Å². The van der Waals surface area contributed by atoms with Crippen LogP contribution in [0, 0.1) is 5.92 Å². The first-order valence-electron chi connectivity index (χ1n) is 10.6. The zero-order valence-corrected chi connectivity index (χ0v) is 17.3. The van der Waals surface area contributed by atoms with Gasteiger partial charge in [-0.05, 0) is 42.0 Å². The van der Waals surface area contributed by atoms with Crippen molar-refractivity contribution in [1.82, 2.24) is 10.2 Å².